The van der Waals surface area contributed by atoms with Crippen LogP contribution in [-0.2, 0) is 0 Å². The molecular formula is C42H25N5. The predicted octanol–water partition coefficient (Wildman–Crippen LogP) is 9.38. The van der Waals surface area contributed by atoms with E-state index in [9.17, 15) is 0 Å². The van der Waals surface area contributed by atoms with Crippen molar-refractivity contribution in [3.8, 4) is 17.1 Å². The average molecular weight is 600 g/mol. The van der Waals surface area contributed by atoms with Gasteiger partial charge in [-0.15, -0.1) is 0 Å². The van der Waals surface area contributed by atoms with Crippen molar-refractivity contribution in [2.24, 2.45) is 4.99 Å². The van der Waals surface area contributed by atoms with Crippen molar-refractivity contribution < 1.29 is 0 Å². The van der Waals surface area contributed by atoms with Crippen LogP contribution in [0.25, 0.3) is 82.9 Å². The lowest BCUT2D eigenvalue weighted by atomic mass is 9.98. The minimum Gasteiger partial charge on any atom is -0.371 e. The van der Waals surface area contributed by atoms with Gasteiger partial charge < -0.3 is 5.32 Å². The van der Waals surface area contributed by atoms with Gasteiger partial charge in [0.05, 0.1) is 45.2 Å². The Morgan fingerprint density at radius 3 is 2.32 bits per heavy atom. The molecule has 47 heavy (non-hydrogen) atoms. The molecule has 6 aromatic carbocycles. The Labute approximate surface area is 269 Å². The van der Waals surface area contributed by atoms with Crippen LogP contribution in [0.5, 0.6) is 0 Å². The van der Waals surface area contributed by atoms with Crippen molar-refractivity contribution in [3.05, 3.63) is 151 Å². The summed E-state index contributed by atoms with van der Waals surface area (Å²) in [7, 11) is 0. The summed E-state index contributed by atoms with van der Waals surface area (Å²) in [4.78, 5) is 15.9. The van der Waals surface area contributed by atoms with Crippen LogP contribution in [0, 0.1) is 0 Å². The van der Waals surface area contributed by atoms with Crippen LogP contribution in [0.3, 0.4) is 0 Å². The number of hydrogen-bond donors (Lipinski definition) is 1. The highest BCUT2D eigenvalue weighted by Crippen LogP contribution is 2.49. The molecule has 0 saturated heterocycles. The molecule has 3 heterocycles. The smallest absolute Gasteiger partial charge is 0.165 e. The first-order valence-corrected chi connectivity index (χ1v) is 16.0. The molecule has 11 rings (SSSR count). The zero-order chi connectivity index (χ0) is 30.6. The van der Waals surface area contributed by atoms with E-state index in [4.69, 9.17) is 15.0 Å². The molecule has 2 aliphatic carbocycles. The molecule has 0 spiro atoms. The zero-order valence-corrected chi connectivity index (χ0v) is 25.1. The number of allylic oxidation sites excluding steroid dienone is 2. The summed E-state index contributed by atoms with van der Waals surface area (Å²) < 4.78 is 2.39. The number of aromatic nitrogens is 3. The lowest BCUT2D eigenvalue weighted by Crippen LogP contribution is -2.36. The van der Waals surface area contributed by atoms with Crippen LogP contribution in [0.4, 0.5) is 0 Å². The molecule has 0 saturated carbocycles. The van der Waals surface area contributed by atoms with Gasteiger partial charge in [-0.3, -0.25) is 4.57 Å². The van der Waals surface area contributed by atoms with E-state index in [1.165, 1.54) is 37.9 Å². The van der Waals surface area contributed by atoms with Crippen molar-refractivity contribution in [1.29, 1.82) is 0 Å². The van der Waals surface area contributed by atoms with E-state index < -0.39 is 0 Å². The van der Waals surface area contributed by atoms with E-state index in [0.29, 0.717) is 0 Å². The number of benzene rings is 6. The van der Waals surface area contributed by atoms with Gasteiger partial charge in [-0.1, -0.05) is 115 Å². The van der Waals surface area contributed by atoms with Gasteiger partial charge in [-0.25, -0.2) is 15.0 Å². The van der Waals surface area contributed by atoms with Crippen molar-refractivity contribution in [3.63, 3.8) is 0 Å². The lowest BCUT2D eigenvalue weighted by Gasteiger charge is -2.25. The van der Waals surface area contributed by atoms with Gasteiger partial charge in [-0.05, 0) is 29.7 Å². The zero-order valence-electron chi connectivity index (χ0n) is 25.1. The maximum atomic E-state index is 5.43. The van der Waals surface area contributed by atoms with Crippen LogP contribution >= 0.6 is 0 Å². The first-order chi connectivity index (χ1) is 23.3. The molecule has 1 unspecified atom stereocenters. The highest BCUT2D eigenvalue weighted by atomic mass is 15.1. The Bertz CT molecular complexity index is 2820. The van der Waals surface area contributed by atoms with E-state index in [-0.39, 0.29) is 6.04 Å². The number of rotatable bonds is 2. The average Bonchev–Trinajstić information content (AvgIpc) is 3.64. The van der Waals surface area contributed by atoms with E-state index in [2.05, 4.69) is 125 Å². The van der Waals surface area contributed by atoms with Crippen molar-refractivity contribution in [2.45, 2.75) is 6.04 Å². The second-order valence-corrected chi connectivity index (χ2v) is 12.4. The van der Waals surface area contributed by atoms with Crippen LogP contribution in [-0.4, -0.2) is 26.3 Å². The summed E-state index contributed by atoms with van der Waals surface area (Å²) >= 11 is 0. The maximum Gasteiger partial charge on any atom is 0.165 e. The minimum absolute atomic E-state index is 0.0606. The maximum absolute atomic E-state index is 5.43. The van der Waals surface area contributed by atoms with Gasteiger partial charge in [0.15, 0.2) is 5.82 Å². The van der Waals surface area contributed by atoms with Crippen LogP contribution in [0.2, 0.25) is 0 Å². The van der Waals surface area contributed by atoms with Crippen LogP contribution < -0.4 is 5.32 Å². The molecular weight excluding hydrogens is 574 g/mol. The Hall–Kier alpha value is -6.33. The fourth-order valence-electron chi connectivity index (χ4n) is 7.85. The summed E-state index contributed by atoms with van der Waals surface area (Å²) in [5.74, 6) is 0.822. The van der Waals surface area contributed by atoms with Gasteiger partial charge in [0, 0.05) is 43.6 Å². The van der Waals surface area contributed by atoms with E-state index in [1.54, 1.807) is 0 Å². The molecule has 0 bridgehead atoms. The number of fused-ring (bicyclic) bond motifs is 10. The number of para-hydroxylation sites is 2. The summed E-state index contributed by atoms with van der Waals surface area (Å²) in [6.45, 7) is 0. The number of nitrogens with one attached hydrogen (secondary N) is 1. The lowest BCUT2D eigenvalue weighted by molar-refractivity contribution is 0.887. The van der Waals surface area contributed by atoms with Crippen molar-refractivity contribution in [2.75, 3.05) is 0 Å². The normalized spacial score (nSPS) is 16.3. The van der Waals surface area contributed by atoms with E-state index in [1.807, 2.05) is 24.3 Å². The molecule has 0 amide bonds. The molecule has 3 aliphatic rings. The first-order valence-electron chi connectivity index (χ1n) is 16.0. The predicted molar refractivity (Wildman–Crippen MR) is 194 cm³/mol. The molecule has 2 aromatic heterocycles. The fraction of sp³-hybridized carbons (Fsp3) is 0.0238. The second kappa shape index (κ2) is 9.12. The topological polar surface area (TPSA) is 55.1 Å². The summed E-state index contributed by atoms with van der Waals surface area (Å²) in [5, 5.41) is 11.0. The summed E-state index contributed by atoms with van der Waals surface area (Å²) in [6, 6.07) is 40.9. The quantitative estimate of drug-likeness (QED) is 0.215. The van der Waals surface area contributed by atoms with Crippen molar-refractivity contribution >= 4 is 71.5 Å². The monoisotopic (exact) mass is 599 g/mol. The van der Waals surface area contributed by atoms with Gasteiger partial charge in [0.1, 0.15) is 5.69 Å². The molecule has 8 aromatic rings. The second-order valence-electron chi connectivity index (χ2n) is 12.4. The first kappa shape index (κ1) is 24.9. The third-order valence-corrected chi connectivity index (χ3v) is 9.88. The largest absolute Gasteiger partial charge is 0.371 e. The van der Waals surface area contributed by atoms with Gasteiger partial charge in [0.25, 0.3) is 0 Å². The van der Waals surface area contributed by atoms with E-state index in [0.717, 1.165) is 61.8 Å². The third kappa shape index (κ3) is 3.35. The van der Waals surface area contributed by atoms with Gasteiger partial charge in [0.2, 0.25) is 0 Å². The Morgan fingerprint density at radius 2 is 1.40 bits per heavy atom. The highest BCUT2D eigenvalue weighted by molar-refractivity contribution is 6.29. The Kier molecular flexibility index (Phi) is 4.83. The molecule has 1 aliphatic heterocycles. The summed E-state index contributed by atoms with van der Waals surface area (Å²) in [5.41, 5.74) is 11.4. The molecule has 0 fully saturated rings. The number of nitrogens with zero attached hydrogens (tertiary/aromatic N) is 4. The fourth-order valence-corrected chi connectivity index (χ4v) is 7.85. The summed E-state index contributed by atoms with van der Waals surface area (Å²) in [6.07, 6.45) is 8.45. The van der Waals surface area contributed by atoms with Crippen LogP contribution in [0.15, 0.2) is 145 Å². The molecule has 1 N–H and O–H groups in total. The van der Waals surface area contributed by atoms with Crippen molar-refractivity contribution in [1.82, 2.24) is 19.9 Å². The standard InChI is InChI=1S/C42H25N5/c1-2-12-25(13-3-1)37-42(46-35-20-9-8-19-34(35)43-37)47-40-26-14-5-4-11-24(26)21-22-27(40)30-23-31-36-28(15-10-16-29(36)41(30)47)38-39(31)45-33-18-7-6-17-32(33)44-38/h1-23,33,45H. The molecule has 5 heteroatoms. The van der Waals surface area contributed by atoms with Crippen LogP contribution in [0.1, 0.15) is 11.1 Å². The van der Waals surface area contributed by atoms with Gasteiger partial charge >= 0.3 is 0 Å². The molecule has 5 nitrogen and oxygen atoms in total. The minimum atomic E-state index is 0.0606. The highest BCUT2D eigenvalue weighted by Gasteiger charge is 2.33. The molecule has 218 valence electrons. The molecule has 1 atom stereocenters. The van der Waals surface area contributed by atoms with E-state index >= 15 is 0 Å². The van der Waals surface area contributed by atoms with Gasteiger partial charge in [-0.2, -0.15) is 0 Å². The third-order valence-electron chi connectivity index (χ3n) is 9.88. The number of aliphatic imine (C=N–C) groups is 1. The number of hydrogen-bond acceptors (Lipinski definition) is 4. The Balaban J connectivity index is 1.34. The Morgan fingerprint density at radius 1 is 0.617 bits per heavy atom. The SMILES string of the molecule is C1=CC2=NC3=C(NC2C=C1)c1cc2c4ccc5ccccc5c4n(-c4nc5ccccc5nc4-c4ccccc4)c2c2cccc3c12. The molecule has 0 radical (unpaired) electrons.